The Hall–Kier alpha value is -3.68. The number of hydrogen-bond donors (Lipinski definition) is 2. The zero-order valence-electron chi connectivity index (χ0n) is 15.0. The lowest BCUT2D eigenvalue weighted by Crippen LogP contribution is -2.15. The minimum Gasteiger partial charge on any atom is -0.497 e. The van der Waals surface area contributed by atoms with Gasteiger partial charge in [-0.1, -0.05) is 6.07 Å². The Morgan fingerprint density at radius 1 is 1.04 bits per heavy atom. The van der Waals surface area contributed by atoms with Crippen molar-refractivity contribution < 1.29 is 14.3 Å². The Kier molecular flexibility index (Phi) is 5.78. The number of amides is 1. The van der Waals surface area contributed by atoms with Gasteiger partial charge in [0.15, 0.2) is 0 Å². The zero-order valence-corrected chi connectivity index (χ0v) is 15.0. The number of carbonyl (C=O) groups is 1. The van der Waals surface area contributed by atoms with Gasteiger partial charge in [-0.05, 0) is 24.3 Å². The van der Waals surface area contributed by atoms with Crippen LogP contribution in [0.15, 0.2) is 55.0 Å². The molecule has 2 aromatic heterocycles. The minimum atomic E-state index is -0.384. The molecule has 0 spiro atoms. The number of rotatable bonds is 7. The zero-order chi connectivity index (χ0) is 19.1. The first-order valence-electron chi connectivity index (χ1n) is 8.19. The molecule has 138 valence electrons. The molecule has 27 heavy (non-hydrogen) atoms. The summed E-state index contributed by atoms with van der Waals surface area (Å²) < 4.78 is 10.5. The molecule has 0 aliphatic rings. The number of nitrogens with one attached hydrogen (secondary N) is 2. The fourth-order valence-corrected chi connectivity index (χ4v) is 2.36. The first kappa shape index (κ1) is 18.1. The van der Waals surface area contributed by atoms with Crippen LogP contribution in [-0.4, -0.2) is 35.1 Å². The van der Waals surface area contributed by atoms with E-state index in [1.54, 1.807) is 37.6 Å². The summed E-state index contributed by atoms with van der Waals surface area (Å²) in [7, 11) is 3.08. The largest absolute Gasteiger partial charge is 0.497 e. The quantitative estimate of drug-likeness (QED) is 0.664. The Labute approximate surface area is 156 Å². The number of aromatic nitrogens is 3. The lowest BCUT2D eigenvalue weighted by molar-refractivity contribution is 0.102. The highest BCUT2D eigenvalue weighted by Gasteiger charge is 2.13. The monoisotopic (exact) mass is 365 g/mol. The molecule has 8 heteroatoms. The van der Waals surface area contributed by atoms with E-state index in [0.29, 0.717) is 29.5 Å². The van der Waals surface area contributed by atoms with Gasteiger partial charge in [-0.25, -0.2) is 9.97 Å². The van der Waals surface area contributed by atoms with Gasteiger partial charge in [-0.3, -0.25) is 9.78 Å². The number of carbonyl (C=O) groups excluding carboxylic acids is 1. The summed E-state index contributed by atoms with van der Waals surface area (Å²) in [6, 6.07) is 12.4. The van der Waals surface area contributed by atoms with Crippen molar-refractivity contribution in [2.45, 2.75) is 6.54 Å². The van der Waals surface area contributed by atoms with E-state index in [1.807, 2.05) is 18.2 Å². The Bertz CT molecular complexity index is 918. The maximum atomic E-state index is 12.6. The van der Waals surface area contributed by atoms with Gasteiger partial charge in [0.05, 0.1) is 32.1 Å². The third-order valence-corrected chi connectivity index (χ3v) is 3.73. The molecule has 0 aliphatic heterocycles. The van der Waals surface area contributed by atoms with Gasteiger partial charge < -0.3 is 20.1 Å². The third kappa shape index (κ3) is 4.69. The maximum absolute atomic E-state index is 12.6. The first-order chi connectivity index (χ1) is 13.2. The average molecular weight is 365 g/mol. The number of ether oxygens (including phenoxy) is 2. The van der Waals surface area contributed by atoms with Crippen molar-refractivity contribution in [2.24, 2.45) is 0 Å². The van der Waals surface area contributed by atoms with Crippen LogP contribution in [0.4, 0.5) is 11.5 Å². The number of anilines is 2. The molecule has 3 rings (SSSR count). The molecule has 0 saturated carbocycles. The van der Waals surface area contributed by atoms with E-state index >= 15 is 0 Å². The lowest BCUT2D eigenvalue weighted by atomic mass is 10.2. The van der Waals surface area contributed by atoms with Crippen molar-refractivity contribution in [1.82, 2.24) is 15.0 Å². The van der Waals surface area contributed by atoms with Gasteiger partial charge in [0.1, 0.15) is 29.3 Å². The summed E-state index contributed by atoms with van der Waals surface area (Å²) in [6.07, 6.45) is 3.05. The molecule has 0 aliphatic carbocycles. The van der Waals surface area contributed by atoms with E-state index < -0.39 is 0 Å². The topological polar surface area (TPSA) is 98.3 Å². The summed E-state index contributed by atoms with van der Waals surface area (Å²) in [4.78, 5) is 25.0. The van der Waals surface area contributed by atoms with Gasteiger partial charge in [-0.15, -0.1) is 0 Å². The van der Waals surface area contributed by atoms with Gasteiger partial charge in [0, 0.05) is 18.3 Å². The summed E-state index contributed by atoms with van der Waals surface area (Å²) in [5.41, 5.74) is 1.57. The van der Waals surface area contributed by atoms with Crippen LogP contribution >= 0.6 is 0 Å². The van der Waals surface area contributed by atoms with Crippen molar-refractivity contribution in [3.05, 3.63) is 66.4 Å². The van der Waals surface area contributed by atoms with Crippen molar-refractivity contribution in [1.29, 1.82) is 0 Å². The Balaban J connectivity index is 1.72. The number of nitrogens with zero attached hydrogens (tertiary/aromatic N) is 3. The van der Waals surface area contributed by atoms with Gasteiger partial charge in [-0.2, -0.15) is 0 Å². The van der Waals surface area contributed by atoms with E-state index in [-0.39, 0.29) is 11.6 Å². The smallest absolute Gasteiger partial charge is 0.274 e. The summed E-state index contributed by atoms with van der Waals surface area (Å²) in [6.45, 7) is 0.489. The van der Waals surface area contributed by atoms with Gasteiger partial charge in [0.2, 0.25) is 0 Å². The molecule has 3 aromatic rings. The predicted molar refractivity (Wildman–Crippen MR) is 101 cm³/mol. The molecular weight excluding hydrogens is 346 g/mol. The number of benzene rings is 1. The first-order valence-corrected chi connectivity index (χ1v) is 8.19. The maximum Gasteiger partial charge on any atom is 0.274 e. The molecule has 0 saturated heterocycles. The summed E-state index contributed by atoms with van der Waals surface area (Å²) in [5.74, 6) is 1.27. The van der Waals surface area contributed by atoms with Gasteiger partial charge >= 0.3 is 0 Å². The second-order valence-corrected chi connectivity index (χ2v) is 5.48. The molecule has 2 heterocycles. The van der Waals surface area contributed by atoms with Crippen LogP contribution in [0.25, 0.3) is 0 Å². The standard InChI is InChI=1S/C19H19N5O3/c1-26-14-6-7-17(27-2)15(9-14)24-19(25)16-10-18(23-12-22-16)21-11-13-5-3-4-8-20-13/h3-10,12H,11H2,1-2H3,(H,24,25)(H,21,22,23). The van der Waals surface area contributed by atoms with Crippen LogP contribution < -0.4 is 20.1 Å². The highest BCUT2D eigenvalue weighted by atomic mass is 16.5. The van der Waals surface area contributed by atoms with Crippen molar-refractivity contribution in [3.63, 3.8) is 0 Å². The van der Waals surface area contributed by atoms with Crippen LogP contribution in [0, 0.1) is 0 Å². The van der Waals surface area contributed by atoms with E-state index in [9.17, 15) is 4.79 Å². The van der Waals surface area contributed by atoms with E-state index in [2.05, 4.69) is 25.6 Å². The molecule has 0 radical (unpaired) electrons. The lowest BCUT2D eigenvalue weighted by Gasteiger charge is -2.12. The Morgan fingerprint density at radius 2 is 1.93 bits per heavy atom. The SMILES string of the molecule is COc1ccc(OC)c(NC(=O)c2cc(NCc3ccccn3)ncn2)c1. The second kappa shape index (κ2) is 8.61. The normalized spacial score (nSPS) is 10.1. The highest BCUT2D eigenvalue weighted by Crippen LogP contribution is 2.29. The molecule has 2 N–H and O–H groups in total. The predicted octanol–water partition coefficient (Wildman–Crippen LogP) is 2.75. The highest BCUT2D eigenvalue weighted by molar-refractivity contribution is 6.04. The molecule has 0 atom stereocenters. The average Bonchev–Trinajstić information content (AvgIpc) is 2.73. The van der Waals surface area contributed by atoms with Crippen LogP contribution in [0.5, 0.6) is 11.5 Å². The molecular formula is C19H19N5O3. The van der Waals surface area contributed by atoms with Crippen LogP contribution in [0.2, 0.25) is 0 Å². The van der Waals surface area contributed by atoms with E-state index in [0.717, 1.165) is 5.69 Å². The number of methoxy groups -OCH3 is 2. The van der Waals surface area contributed by atoms with E-state index in [4.69, 9.17) is 9.47 Å². The number of hydrogen-bond acceptors (Lipinski definition) is 7. The second-order valence-electron chi connectivity index (χ2n) is 5.48. The van der Waals surface area contributed by atoms with Crippen molar-refractivity contribution in [3.8, 4) is 11.5 Å². The molecule has 8 nitrogen and oxygen atoms in total. The molecule has 0 fully saturated rings. The van der Waals surface area contributed by atoms with Crippen LogP contribution in [-0.2, 0) is 6.54 Å². The molecule has 0 unspecified atom stereocenters. The van der Waals surface area contributed by atoms with Crippen molar-refractivity contribution >= 4 is 17.4 Å². The summed E-state index contributed by atoms with van der Waals surface area (Å²) >= 11 is 0. The molecule has 1 aromatic carbocycles. The fourth-order valence-electron chi connectivity index (χ4n) is 2.36. The van der Waals surface area contributed by atoms with Crippen LogP contribution in [0.3, 0.4) is 0 Å². The van der Waals surface area contributed by atoms with Crippen LogP contribution in [0.1, 0.15) is 16.2 Å². The Morgan fingerprint density at radius 3 is 2.67 bits per heavy atom. The number of pyridine rings is 1. The van der Waals surface area contributed by atoms with Crippen molar-refractivity contribution in [2.75, 3.05) is 24.9 Å². The minimum absolute atomic E-state index is 0.221. The molecule has 1 amide bonds. The van der Waals surface area contributed by atoms with Gasteiger partial charge in [0.25, 0.3) is 5.91 Å². The third-order valence-electron chi connectivity index (χ3n) is 3.73. The fraction of sp³-hybridized carbons (Fsp3) is 0.158. The van der Waals surface area contributed by atoms with E-state index in [1.165, 1.54) is 13.4 Å². The summed E-state index contributed by atoms with van der Waals surface area (Å²) in [5, 5.41) is 5.90. The molecule has 0 bridgehead atoms.